The summed E-state index contributed by atoms with van der Waals surface area (Å²) in [4.78, 5) is 17.2. The lowest BCUT2D eigenvalue weighted by Gasteiger charge is -2.14. The van der Waals surface area contributed by atoms with E-state index in [1.54, 1.807) is 11.3 Å². The Morgan fingerprint density at radius 2 is 2.20 bits per heavy atom. The lowest BCUT2D eigenvalue weighted by Crippen LogP contribution is -2.29. The van der Waals surface area contributed by atoms with Gasteiger partial charge < -0.3 is 5.32 Å². The molecule has 8 heteroatoms. The number of hydrogen-bond acceptors (Lipinski definition) is 6. The van der Waals surface area contributed by atoms with Crippen LogP contribution in [0.2, 0.25) is 0 Å². The number of aryl methyl sites for hydroxylation is 1. The van der Waals surface area contributed by atoms with Gasteiger partial charge >= 0.3 is 0 Å². The number of carbonyl (C=O) groups excluding carboxylic acids is 1. The molecule has 0 aliphatic heterocycles. The van der Waals surface area contributed by atoms with Crippen molar-refractivity contribution in [2.45, 2.75) is 38.8 Å². The molecule has 0 bridgehead atoms. The number of thiophene rings is 1. The molecule has 3 heterocycles. The topological polar surface area (TPSA) is 85.6 Å². The number of nitrogens with zero attached hydrogens (tertiary/aromatic N) is 5. The van der Waals surface area contributed by atoms with E-state index in [9.17, 15) is 4.79 Å². The maximum atomic E-state index is 12.6. The van der Waals surface area contributed by atoms with E-state index < -0.39 is 0 Å². The predicted molar refractivity (Wildman–Crippen MR) is 94.3 cm³/mol. The van der Waals surface area contributed by atoms with E-state index in [0.717, 1.165) is 24.1 Å². The van der Waals surface area contributed by atoms with E-state index in [4.69, 9.17) is 0 Å². The molecular weight excluding hydrogens is 336 g/mol. The van der Waals surface area contributed by atoms with Gasteiger partial charge in [0.1, 0.15) is 0 Å². The molecule has 7 nitrogen and oxygen atoms in total. The highest BCUT2D eigenvalue weighted by Gasteiger charge is 2.30. The third-order valence-electron chi connectivity index (χ3n) is 4.29. The zero-order valence-electron chi connectivity index (χ0n) is 14.0. The van der Waals surface area contributed by atoms with Crippen molar-refractivity contribution in [3.63, 3.8) is 0 Å². The van der Waals surface area contributed by atoms with Crippen molar-refractivity contribution in [3.05, 3.63) is 46.0 Å². The van der Waals surface area contributed by atoms with Gasteiger partial charge in [0.2, 0.25) is 0 Å². The molecule has 0 saturated heterocycles. The zero-order valence-corrected chi connectivity index (χ0v) is 14.8. The molecule has 0 radical (unpaired) electrons. The smallest absolute Gasteiger partial charge is 0.253 e. The monoisotopic (exact) mass is 354 g/mol. The second-order valence-corrected chi connectivity index (χ2v) is 7.03. The molecule has 1 N–H and O–H groups in total. The summed E-state index contributed by atoms with van der Waals surface area (Å²) in [5.41, 5.74) is 3.21. The predicted octanol–water partition coefficient (Wildman–Crippen LogP) is 2.93. The summed E-state index contributed by atoms with van der Waals surface area (Å²) in [6.07, 6.45) is 2.18. The first-order chi connectivity index (χ1) is 12.1. The number of carbonyl (C=O) groups is 1. The van der Waals surface area contributed by atoms with Crippen molar-refractivity contribution in [1.82, 2.24) is 30.5 Å². The number of rotatable bonds is 5. The minimum atomic E-state index is -0.265. The first-order valence-electron chi connectivity index (χ1n) is 8.22. The van der Waals surface area contributed by atoms with Crippen molar-refractivity contribution in [2.75, 3.05) is 0 Å². The fourth-order valence-electron chi connectivity index (χ4n) is 2.78. The molecule has 1 amide bonds. The maximum absolute atomic E-state index is 12.6. The molecule has 1 atom stereocenters. The van der Waals surface area contributed by atoms with Gasteiger partial charge in [-0.05, 0) is 60.7 Å². The number of nitrogens with one attached hydrogen (secondary N) is 1. The lowest BCUT2D eigenvalue weighted by molar-refractivity contribution is 0.0936. The van der Waals surface area contributed by atoms with Gasteiger partial charge in [-0.15, -0.1) is 5.10 Å². The molecule has 1 fully saturated rings. The van der Waals surface area contributed by atoms with Crippen molar-refractivity contribution in [1.29, 1.82) is 0 Å². The molecule has 1 aliphatic rings. The molecular formula is C17H18N6OS. The van der Waals surface area contributed by atoms with E-state index in [1.807, 2.05) is 47.5 Å². The maximum Gasteiger partial charge on any atom is 0.253 e. The molecule has 0 aromatic carbocycles. The molecule has 128 valence electrons. The number of aromatic nitrogens is 5. The highest BCUT2D eigenvalue weighted by atomic mass is 32.1. The largest absolute Gasteiger partial charge is 0.342 e. The molecule has 1 aliphatic carbocycles. The molecule has 0 spiro atoms. The summed E-state index contributed by atoms with van der Waals surface area (Å²) in [6.45, 7) is 3.74. The summed E-state index contributed by atoms with van der Waals surface area (Å²) in [5, 5.41) is 18.9. The van der Waals surface area contributed by atoms with Crippen molar-refractivity contribution < 1.29 is 4.79 Å². The molecule has 4 rings (SSSR count). The second-order valence-electron chi connectivity index (χ2n) is 6.25. The van der Waals surface area contributed by atoms with Crippen molar-refractivity contribution >= 4 is 17.2 Å². The molecule has 3 aromatic heterocycles. The van der Waals surface area contributed by atoms with Gasteiger partial charge in [0.15, 0.2) is 5.82 Å². The summed E-state index contributed by atoms with van der Waals surface area (Å²) in [6, 6.07) is 5.83. The Morgan fingerprint density at radius 3 is 2.88 bits per heavy atom. The van der Waals surface area contributed by atoms with Crippen LogP contribution in [0.25, 0.3) is 11.3 Å². The normalized spacial score (nSPS) is 15.1. The van der Waals surface area contributed by atoms with E-state index in [-0.39, 0.29) is 11.9 Å². The Labute approximate surface area is 149 Å². The second kappa shape index (κ2) is 6.36. The Balaban J connectivity index is 1.51. The van der Waals surface area contributed by atoms with Crippen LogP contribution >= 0.6 is 11.3 Å². The van der Waals surface area contributed by atoms with Crippen molar-refractivity contribution in [2.24, 2.45) is 0 Å². The Hall–Kier alpha value is -2.61. The summed E-state index contributed by atoms with van der Waals surface area (Å²) >= 11 is 1.63. The third kappa shape index (κ3) is 3.17. The molecule has 0 unspecified atom stereocenters. The summed E-state index contributed by atoms with van der Waals surface area (Å²) in [7, 11) is 0. The SMILES string of the molecule is Cc1nc(-c2ccsc2)ccc1C(=O)N[C@H](C)c1nnnn1C1CC1. The average Bonchev–Trinajstić information content (AvgIpc) is 3.11. The summed E-state index contributed by atoms with van der Waals surface area (Å²) < 4.78 is 1.82. The zero-order chi connectivity index (χ0) is 17.4. The van der Waals surface area contributed by atoms with Gasteiger partial charge in [-0.1, -0.05) is 0 Å². The Kier molecular flexibility index (Phi) is 4.04. The van der Waals surface area contributed by atoms with E-state index in [0.29, 0.717) is 23.1 Å². The van der Waals surface area contributed by atoms with Gasteiger partial charge in [0.05, 0.1) is 29.0 Å². The first kappa shape index (κ1) is 15.9. The highest BCUT2D eigenvalue weighted by molar-refractivity contribution is 7.08. The number of tetrazole rings is 1. The highest BCUT2D eigenvalue weighted by Crippen LogP contribution is 2.35. The fraction of sp³-hybridized carbons (Fsp3) is 0.353. The van der Waals surface area contributed by atoms with Crippen LogP contribution in [0.1, 0.15) is 53.7 Å². The quantitative estimate of drug-likeness (QED) is 0.761. The van der Waals surface area contributed by atoms with Crippen LogP contribution in [0, 0.1) is 6.92 Å². The average molecular weight is 354 g/mol. The molecule has 1 saturated carbocycles. The van der Waals surface area contributed by atoms with Gasteiger partial charge in [-0.2, -0.15) is 11.3 Å². The Morgan fingerprint density at radius 1 is 1.36 bits per heavy atom. The van der Waals surface area contributed by atoms with Crippen LogP contribution in [-0.4, -0.2) is 31.1 Å². The van der Waals surface area contributed by atoms with Crippen LogP contribution in [0.3, 0.4) is 0 Å². The lowest BCUT2D eigenvalue weighted by atomic mass is 10.1. The van der Waals surface area contributed by atoms with E-state index in [2.05, 4.69) is 25.8 Å². The number of pyridine rings is 1. The van der Waals surface area contributed by atoms with Gasteiger partial charge in [-0.3, -0.25) is 9.78 Å². The standard InChI is InChI=1S/C17H18N6OS/c1-10-14(5-6-15(18-10)12-7-8-25-9-12)17(24)19-11(2)16-20-21-22-23(16)13-3-4-13/h5-9,11,13H,3-4H2,1-2H3,(H,19,24)/t11-/m1/s1. The minimum Gasteiger partial charge on any atom is -0.342 e. The van der Waals surface area contributed by atoms with Gasteiger partial charge in [0.25, 0.3) is 5.91 Å². The number of amides is 1. The molecule has 3 aromatic rings. The van der Waals surface area contributed by atoms with Crippen molar-refractivity contribution in [3.8, 4) is 11.3 Å². The summed E-state index contributed by atoms with van der Waals surface area (Å²) in [5.74, 6) is 0.524. The minimum absolute atomic E-state index is 0.167. The Bertz CT molecular complexity index is 900. The molecule has 25 heavy (non-hydrogen) atoms. The van der Waals surface area contributed by atoms with Crippen LogP contribution in [0.15, 0.2) is 29.0 Å². The van der Waals surface area contributed by atoms with Crippen LogP contribution in [0.5, 0.6) is 0 Å². The fourth-order valence-corrected chi connectivity index (χ4v) is 3.43. The van der Waals surface area contributed by atoms with E-state index in [1.165, 1.54) is 0 Å². The van der Waals surface area contributed by atoms with Crippen LogP contribution in [0.4, 0.5) is 0 Å². The van der Waals surface area contributed by atoms with Crippen LogP contribution < -0.4 is 5.32 Å². The van der Waals surface area contributed by atoms with E-state index >= 15 is 0 Å². The number of hydrogen-bond donors (Lipinski definition) is 1. The first-order valence-corrected chi connectivity index (χ1v) is 9.16. The van der Waals surface area contributed by atoms with Crippen LogP contribution in [-0.2, 0) is 0 Å². The van der Waals surface area contributed by atoms with Gasteiger partial charge in [-0.25, -0.2) is 4.68 Å². The van der Waals surface area contributed by atoms with Gasteiger partial charge in [0, 0.05) is 10.9 Å². The third-order valence-corrected chi connectivity index (χ3v) is 4.98.